The van der Waals surface area contributed by atoms with Gasteiger partial charge in [-0.05, 0) is 63.9 Å². The Bertz CT molecular complexity index is 1210. The van der Waals surface area contributed by atoms with Gasteiger partial charge in [0.1, 0.15) is 17.9 Å². The Morgan fingerprint density at radius 2 is 1.77 bits per heavy atom. The minimum absolute atomic E-state index is 0.159. The van der Waals surface area contributed by atoms with Gasteiger partial charge in [0.05, 0.1) is 35.8 Å². The van der Waals surface area contributed by atoms with Crippen LogP contribution in [-0.4, -0.2) is 64.1 Å². The Balaban J connectivity index is 1.36. The van der Waals surface area contributed by atoms with Crippen molar-refractivity contribution in [3.63, 3.8) is 0 Å². The Morgan fingerprint density at radius 3 is 2.31 bits per heavy atom. The standard InChI is InChI=1S/C28H39BN4O6/c1-17(2)22(32-25(35)36-7)24(34)33-21(15-28(39-33)13-8-14-28)23-30-16-20(31-23)18-9-11-19(12-10-18)29-37-26(3,4)27(5,6)38-29/h9-12,16-17,21-22H,8,13-15H2,1-7H3,(H,30,31)(H,32,35)/t21-,22-/m0/s1. The van der Waals surface area contributed by atoms with Gasteiger partial charge in [0.15, 0.2) is 0 Å². The predicted molar refractivity (Wildman–Crippen MR) is 146 cm³/mol. The molecule has 2 N–H and O–H groups in total. The quantitative estimate of drug-likeness (QED) is 0.537. The molecule has 3 aliphatic rings. The summed E-state index contributed by atoms with van der Waals surface area (Å²) >= 11 is 0. The normalized spacial score (nSPS) is 23.6. The van der Waals surface area contributed by atoms with Crippen LogP contribution >= 0.6 is 0 Å². The molecule has 0 bridgehead atoms. The summed E-state index contributed by atoms with van der Waals surface area (Å²) in [6.07, 6.45) is 4.60. The molecule has 3 heterocycles. The fraction of sp³-hybridized carbons (Fsp3) is 0.607. The van der Waals surface area contributed by atoms with Crippen LogP contribution < -0.4 is 10.8 Å². The van der Waals surface area contributed by atoms with Gasteiger partial charge in [-0.15, -0.1) is 0 Å². The highest BCUT2D eigenvalue weighted by atomic mass is 16.7. The number of carbonyl (C=O) groups is 2. The van der Waals surface area contributed by atoms with Crippen LogP contribution in [0.3, 0.4) is 0 Å². The molecule has 39 heavy (non-hydrogen) atoms. The SMILES string of the molecule is COC(=O)N[C@H](C(=O)N1OC2(CCC2)C[C@H]1c1ncc(-c2ccc(B3OC(C)(C)C(C)(C)O3)cc2)[nH]1)C(C)C. The second-order valence-electron chi connectivity index (χ2n) is 12.3. The summed E-state index contributed by atoms with van der Waals surface area (Å²) in [5, 5.41) is 4.08. The molecule has 2 amide bonds. The zero-order valence-corrected chi connectivity index (χ0v) is 23.9. The number of benzene rings is 1. The number of amides is 2. The van der Waals surface area contributed by atoms with Crippen LogP contribution in [0.4, 0.5) is 4.79 Å². The van der Waals surface area contributed by atoms with Crippen molar-refractivity contribution in [3.05, 3.63) is 36.3 Å². The summed E-state index contributed by atoms with van der Waals surface area (Å²) in [5.74, 6) is 0.181. The lowest BCUT2D eigenvalue weighted by atomic mass is 9.77. The number of carbonyl (C=O) groups excluding carboxylic acids is 2. The number of ether oxygens (including phenoxy) is 1. The summed E-state index contributed by atoms with van der Waals surface area (Å²) in [6, 6.07) is 6.84. The maximum Gasteiger partial charge on any atom is 0.494 e. The van der Waals surface area contributed by atoms with Crippen molar-refractivity contribution in [1.82, 2.24) is 20.3 Å². The highest BCUT2D eigenvalue weighted by molar-refractivity contribution is 6.62. The molecule has 210 valence electrons. The molecule has 5 rings (SSSR count). The van der Waals surface area contributed by atoms with E-state index in [-0.39, 0.29) is 17.4 Å². The highest BCUT2D eigenvalue weighted by Crippen LogP contribution is 2.50. The van der Waals surface area contributed by atoms with E-state index in [4.69, 9.17) is 18.9 Å². The summed E-state index contributed by atoms with van der Waals surface area (Å²) < 4.78 is 17.1. The van der Waals surface area contributed by atoms with Crippen LogP contribution in [0.5, 0.6) is 0 Å². The number of rotatable bonds is 6. The molecular formula is C28H39BN4O6. The van der Waals surface area contributed by atoms with Crippen molar-refractivity contribution < 1.29 is 28.5 Å². The number of aromatic amines is 1. The van der Waals surface area contributed by atoms with E-state index in [9.17, 15) is 9.59 Å². The number of hydrogen-bond donors (Lipinski definition) is 2. The second-order valence-corrected chi connectivity index (χ2v) is 12.3. The fourth-order valence-electron chi connectivity index (χ4n) is 5.31. The van der Waals surface area contributed by atoms with Crippen LogP contribution in [0.2, 0.25) is 0 Å². The number of hydroxylamine groups is 2. The van der Waals surface area contributed by atoms with Crippen molar-refractivity contribution in [1.29, 1.82) is 0 Å². The second kappa shape index (κ2) is 9.94. The molecule has 1 spiro atoms. The molecule has 2 aromatic rings. The zero-order chi connectivity index (χ0) is 28.2. The molecule has 0 unspecified atom stereocenters. The van der Waals surface area contributed by atoms with Crippen molar-refractivity contribution in [3.8, 4) is 11.3 Å². The highest BCUT2D eigenvalue weighted by Gasteiger charge is 2.54. The maximum atomic E-state index is 13.6. The molecule has 11 heteroatoms. The average Bonchev–Trinajstić information content (AvgIpc) is 3.56. The molecule has 1 aromatic carbocycles. The smallest absolute Gasteiger partial charge is 0.453 e. The fourth-order valence-corrected chi connectivity index (χ4v) is 5.31. The number of nitrogens with zero attached hydrogens (tertiary/aromatic N) is 2. The lowest BCUT2D eigenvalue weighted by Crippen LogP contribution is -2.51. The number of nitrogens with one attached hydrogen (secondary N) is 2. The first-order chi connectivity index (χ1) is 18.3. The molecular weight excluding hydrogens is 499 g/mol. The lowest BCUT2D eigenvalue weighted by Gasteiger charge is -2.37. The van der Waals surface area contributed by atoms with E-state index in [1.54, 1.807) is 6.20 Å². The lowest BCUT2D eigenvalue weighted by molar-refractivity contribution is -0.230. The van der Waals surface area contributed by atoms with E-state index in [1.807, 2.05) is 65.8 Å². The zero-order valence-electron chi connectivity index (χ0n) is 23.9. The van der Waals surface area contributed by atoms with Crippen LogP contribution in [0.1, 0.15) is 79.1 Å². The first kappa shape index (κ1) is 27.7. The van der Waals surface area contributed by atoms with Crippen LogP contribution in [-0.2, 0) is 23.7 Å². The van der Waals surface area contributed by atoms with E-state index in [1.165, 1.54) is 12.2 Å². The predicted octanol–water partition coefficient (Wildman–Crippen LogP) is 3.88. The van der Waals surface area contributed by atoms with Gasteiger partial charge in [0.25, 0.3) is 5.91 Å². The summed E-state index contributed by atoms with van der Waals surface area (Å²) in [5.41, 5.74) is 1.56. The van der Waals surface area contributed by atoms with Gasteiger partial charge in [0, 0.05) is 6.42 Å². The van der Waals surface area contributed by atoms with E-state index in [2.05, 4.69) is 15.3 Å². The first-order valence-corrected chi connectivity index (χ1v) is 13.7. The summed E-state index contributed by atoms with van der Waals surface area (Å²) in [7, 11) is 0.852. The number of hydrogen-bond acceptors (Lipinski definition) is 7. The van der Waals surface area contributed by atoms with E-state index in [0.29, 0.717) is 12.2 Å². The van der Waals surface area contributed by atoms with Gasteiger partial charge in [0.2, 0.25) is 0 Å². The number of alkyl carbamates (subject to hydrolysis) is 1. The molecule has 0 radical (unpaired) electrons. The van der Waals surface area contributed by atoms with E-state index < -0.39 is 36.5 Å². The number of methoxy groups -OCH3 is 1. The van der Waals surface area contributed by atoms with Crippen molar-refractivity contribution in [2.45, 2.75) is 96.1 Å². The van der Waals surface area contributed by atoms with Crippen molar-refractivity contribution in [2.24, 2.45) is 5.92 Å². The van der Waals surface area contributed by atoms with E-state index in [0.717, 1.165) is 36.0 Å². The number of imidazole rings is 1. The minimum atomic E-state index is -0.785. The van der Waals surface area contributed by atoms with Gasteiger partial charge in [-0.25, -0.2) is 14.8 Å². The molecule has 1 aliphatic carbocycles. The molecule has 10 nitrogen and oxygen atoms in total. The van der Waals surface area contributed by atoms with Crippen LogP contribution in [0, 0.1) is 5.92 Å². The molecule has 1 saturated carbocycles. The number of aromatic nitrogens is 2. The largest absolute Gasteiger partial charge is 0.494 e. The summed E-state index contributed by atoms with van der Waals surface area (Å²) in [6.45, 7) is 11.9. The molecule has 2 atom stereocenters. The van der Waals surface area contributed by atoms with Gasteiger partial charge in [-0.1, -0.05) is 38.1 Å². The maximum absolute atomic E-state index is 13.6. The van der Waals surface area contributed by atoms with Crippen molar-refractivity contribution in [2.75, 3.05) is 7.11 Å². The first-order valence-electron chi connectivity index (χ1n) is 13.7. The van der Waals surface area contributed by atoms with Crippen LogP contribution in [0.15, 0.2) is 30.5 Å². The number of H-pyrrole nitrogens is 1. The van der Waals surface area contributed by atoms with Gasteiger partial charge in [-0.2, -0.15) is 0 Å². The molecule has 2 aliphatic heterocycles. The van der Waals surface area contributed by atoms with Gasteiger partial charge in [-0.3, -0.25) is 9.63 Å². The van der Waals surface area contributed by atoms with E-state index >= 15 is 0 Å². The Kier molecular flexibility index (Phi) is 7.05. The Morgan fingerprint density at radius 1 is 1.13 bits per heavy atom. The molecule has 2 saturated heterocycles. The minimum Gasteiger partial charge on any atom is -0.453 e. The monoisotopic (exact) mass is 538 g/mol. The van der Waals surface area contributed by atoms with Crippen molar-refractivity contribution >= 4 is 24.6 Å². The molecule has 1 aromatic heterocycles. The Hall–Kier alpha value is -2.89. The van der Waals surface area contributed by atoms with Gasteiger partial charge >= 0.3 is 13.2 Å². The third-order valence-electron chi connectivity index (χ3n) is 8.67. The van der Waals surface area contributed by atoms with Gasteiger partial charge < -0.3 is 24.3 Å². The third kappa shape index (κ3) is 5.07. The van der Waals surface area contributed by atoms with Crippen LogP contribution in [0.25, 0.3) is 11.3 Å². The average molecular weight is 538 g/mol. The third-order valence-corrected chi connectivity index (χ3v) is 8.67. The topological polar surface area (TPSA) is 115 Å². The molecule has 3 fully saturated rings. The Labute approximate surface area is 230 Å². The summed E-state index contributed by atoms with van der Waals surface area (Å²) in [4.78, 5) is 40.0.